The number of H-pyrrole nitrogens is 1. The number of hydrazine groups is 1. The Hall–Kier alpha value is -2.85. The number of halogens is 3. The summed E-state index contributed by atoms with van der Waals surface area (Å²) in [5, 5.41) is 12.3. The van der Waals surface area contributed by atoms with E-state index in [1.54, 1.807) is 6.20 Å². The quantitative estimate of drug-likeness (QED) is 0.523. The SMILES string of the molecule is O=C(NC1(C(F)(F)F)CC1)O[C@@H]1CC[C@H](c2cc(NC3=CC=CNN3)n[nH]2)C1. The molecule has 4 rings (SSSR count). The van der Waals surface area contributed by atoms with E-state index in [1.165, 1.54) is 0 Å². The monoisotopic (exact) mass is 398 g/mol. The number of nitrogens with zero attached hydrogens (tertiary/aromatic N) is 1. The first-order valence-corrected chi connectivity index (χ1v) is 9.11. The highest BCUT2D eigenvalue weighted by Crippen LogP contribution is 2.49. The number of aromatic amines is 1. The molecule has 8 nitrogen and oxygen atoms in total. The molecule has 0 unspecified atom stereocenters. The molecule has 2 fully saturated rings. The Morgan fingerprint density at radius 3 is 2.82 bits per heavy atom. The largest absolute Gasteiger partial charge is 0.446 e. The van der Waals surface area contributed by atoms with Crippen LogP contribution in [-0.2, 0) is 4.74 Å². The number of carbonyl (C=O) groups is 1. The van der Waals surface area contributed by atoms with Crippen molar-refractivity contribution in [2.75, 3.05) is 5.32 Å². The zero-order valence-corrected chi connectivity index (χ0v) is 14.9. The lowest BCUT2D eigenvalue weighted by atomic mass is 10.0. The van der Waals surface area contributed by atoms with Gasteiger partial charge in [0.2, 0.25) is 0 Å². The van der Waals surface area contributed by atoms with Gasteiger partial charge in [-0.2, -0.15) is 18.3 Å². The van der Waals surface area contributed by atoms with Gasteiger partial charge in [0.25, 0.3) is 0 Å². The normalized spacial score (nSPS) is 25.3. The minimum Gasteiger partial charge on any atom is -0.446 e. The van der Waals surface area contributed by atoms with E-state index in [0.29, 0.717) is 18.7 Å². The Morgan fingerprint density at radius 2 is 2.14 bits per heavy atom. The third-order valence-electron chi connectivity index (χ3n) is 5.24. The van der Waals surface area contributed by atoms with Gasteiger partial charge in [0.05, 0.1) is 0 Å². The van der Waals surface area contributed by atoms with E-state index in [0.717, 1.165) is 17.9 Å². The number of aromatic nitrogens is 2. The molecule has 1 aromatic rings. The number of amides is 1. The van der Waals surface area contributed by atoms with Crippen LogP contribution < -0.4 is 21.5 Å². The molecule has 1 amide bonds. The van der Waals surface area contributed by atoms with Gasteiger partial charge in [0, 0.05) is 23.9 Å². The number of allylic oxidation sites excluding steroid dienone is 2. The number of hydrogen-bond donors (Lipinski definition) is 5. The molecule has 152 valence electrons. The summed E-state index contributed by atoms with van der Waals surface area (Å²) in [6, 6.07) is 1.87. The first-order chi connectivity index (χ1) is 13.3. The summed E-state index contributed by atoms with van der Waals surface area (Å²) in [7, 11) is 0. The van der Waals surface area contributed by atoms with Crippen LogP contribution in [0.2, 0.25) is 0 Å². The average Bonchev–Trinajstić information content (AvgIpc) is 3.07. The molecule has 1 aromatic heterocycles. The number of hydrogen-bond acceptors (Lipinski definition) is 6. The fraction of sp³-hybridized carbons (Fsp3) is 0.529. The van der Waals surface area contributed by atoms with Crippen LogP contribution in [0.5, 0.6) is 0 Å². The van der Waals surface area contributed by atoms with Crippen molar-refractivity contribution in [1.82, 2.24) is 26.4 Å². The molecule has 1 aliphatic heterocycles. The maximum absolute atomic E-state index is 12.9. The molecule has 3 aliphatic rings. The second-order valence-electron chi connectivity index (χ2n) is 7.28. The Bertz CT molecular complexity index is 799. The number of alkyl halides is 3. The van der Waals surface area contributed by atoms with Gasteiger partial charge in [-0.1, -0.05) is 0 Å². The average molecular weight is 398 g/mol. The third kappa shape index (κ3) is 3.87. The van der Waals surface area contributed by atoms with Gasteiger partial charge in [-0.05, 0) is 44.3 Å². The van der Waals surface area contributed by atoms with Crippen molar-refractivity contribution in [1.29, 1.82) is 0 Å². The van der Waals surface area contributed by atoms with Crippen LogP contribution in [0.4, 0.5) is 23.8 Å². The molecule has 0 aromatic carbocycles. The van der Waals surface area contributed by atoms with Gasteiger partial charge >= 0.3 is 12.3 Å². The molecular formula is C17H21F3N6O2. The molecule has 0 radical (unpaired) electrons. The van der Waals surface area contributed by atoms with Gasteiger partial charge in [-0.25, -0.2) is 4.79 Å². The predicted octanol–water partition coefficient (Wildman–Crippen LogP) is 2.74. The number of nitrogens with one attached hydrogen (secondary N) is 5. The van der Waals surface area contributed by atoms with Gasteiger partial charge in [0.15, 0.2) is 5.82 Å². The van der Waals surface area contributed by atoms with Crippen molar-refractivity contribution >= 4 is 11.9 Å². The first-order valence-electron chi connectivity index (χ1n) is 9.11. The summed E-state index contributed by atoms with van der Waals surface area (Å²) in [4.78, 5) is 11.9. The summed E-state index contributed by atoms with van der Waals surface area (Å²) in [5.74, 6) is 1.47. The molecule has 0 spiro atoms. The van der Waals surface area contributed by atoms with Crippen molar-refractivity contribution in [3.63, 3.8) is 0 Å². The third-order valence-corrected chi connectivity index (χ3v) is 5.24. The fourth-order valence-electron chi connectivity index (χ4n) is 3.48. The second kappa shape index (κ2) is 6.95. The van der Waals surface area contributed by atoms with E-state index in [-0.39, 0.29) is 18.8 Å². The maximum Gasteiger partial charge on any atom is 0.411 e. The number of ether oxygens (including phenoxy) is 1. The maximum atomic E-state index is 12.9. The van der Waals surface area contributed by atoms with Crippen LogP contribution in [0, 0.1) is 0 Å². The van der Waals surface area contributed by atoms with E-state index in [1.807, 2.05) is 23.5 Å². The Labute approximate surface area is 158 Å². The topological polar surface area (TPSA) is 103 Å². The standard InChI is InChI=1S/C17H21F3N6O2/c18-17(19,20)16(5-6-16)23-15(27)28-11-4-3-10(8-11)12-9-14(26-24-12)22-13-2-1-7-21-25-13/h1-2,7,9-11,21,25H,3-6,8H2,(H,23,27)(H2,22,24,26)/t10-,11+/m0/s1. The van der Waals surface area contributed by atoms with E-state index in [2.05, 4.69) is 26.4 Å². The molecule has 28 heavy (non-hydrogen) atoms. The summed E-state index contributed by atoms with van der Waals surface area (Å²) >= 11 is 0. The lowest BCUT2D eigenvalue weighted by Gasteiger charge is -2.21. The molecule has 2 atom stereocenters. The number of anilines is 1. The predicted molar refractivity (Wildman–Crippen MR) is 93.7 cm³/mol. The Balaban J connectivity index is 1.28. The van der Waals surface area contributed by atoms with E-state index in [4.69, 9.17) is 4.74 Å². The van der Waals surface area contributed by atoms with Crippen LogP contribution in [0.1, 0.15) is 43.7 Å². The highest BCUT2D eigenvalue weighted by molar-refractivity contribution is 5.69. The lowest BCUT2D eigenvalue weighted by molar-refractivity contribution is -0.164. The summed E-state index contributed by atoms with van der Waals surface area (Å²) < 4.78 is 44.0. The minimum atomic E-state index is -4.45. The molecule has 2 saturated carbocycles. The van der Waals surface area contributed by atoms with Crippen LogP contribution in [-0.4, -0.2) is 34.1 Å². The highest BCUT2D eigenvalue weighted by atomic mass is 19.4. The molecule has 0 bridgehead atoms. The van der Waals surface area contributed by atoms with E-state index >= 15 is 0 Å². The number of alkyl carbamates (subject to hydrolysis) is 1. The Morgan fingerprint density at radius 1 is 1.32 bits per heavy atom. The van der Waals surface area contributed by atoms with Gasteiger partial charge in [0.1, 0.15) is 17.5 Å². The molecule has 11 heteroatoms. The first kappa shape index (κ1) is 18.5. The summed E-state index contributed by atoms with van der Waals surface area (Å²) in [5.41, 5.74) is 4.56. The van der Waals surface area contributed by atoms with Gasteiger partial charge < -0.3 is 20.8 Å². The fourth-order valence-corrected chi connectivity index (χ4v) is 3.48. The van der Waals surface area contributed by atoms with Gasteiger partial charge in [-0.3, -0.25) is 10.5 Å². The van der Waals surface area contributed by atoms with Crippen molar-refractivity contribution in [3.8, 4) is 0 Å². The number of carbonyl (C=O) groups excluding carboxylic acids is 1. The smallest absolute Gasteiger partial charge is 0.411 e. The lowest BCUT2D eigenvalue weighted by Crippen LogP contribution is -2.48. The zero-order chi connectivity index (χ0) is 19.8. The van der Waals surface area contributed by atoms with Crippen LogP contribution in [0.3, 0.4) is 0 Å². The molecule has 5 N–H and O–H groups in total. The van der Waals surface area contributed by atoms with E-state index in [9.17, 15) is 18.0 Å². The second-order valence-corrected chi connectivity index (χ2v) is 7.28. The van der Waals surface area contributed by atoms with Crippen molar-refractivity contribution in [3.05, 3.63) is 35.9 Å². The summed E-state index contributed by atoms with van der Waals surface area (Å²) in [6.07, 6.45) is 1.27. The van der Waals surface area contributed by atoms with Crippen molar-refractivity contribution < 1.29 is 22.7 Å². The van der Waals surface area contributed by atoms with E-state index < -0.39 is 23.9 Å². The summed E-state index contributed by atoms with van der Waals surface area (Å²) in [6.45, 7) is 0. The van der Waals surface area contributed by atoms with Crippen LogP contribution >= 0.6 is 0 Å². The minimum absolute atomic E-state index is 0.0978. The van der Waals surface area contributed by atoms with Crippen molar-refractivity contribution in [2.24, 2.45) is 0 Å². The molecule has 2 aliphatic carbocycles. The zero-order valence-electron chi connectivity index (χ0n) is 14.9. The molecule has 0 saturated heterocycles. The van der Waals surface area contributed by atoms with Crippen molar-refractivity contribution in [2.45, 2.75) is 55.8 Å². The molecular weight excluding hydrogens is 377 g/mol. The van der Waals surface area contributed by atoms with Crippen LogP contribution in [0.15, 0.2) is 30.2 Å². The van der Waals surface area contributed by atoms with Crippen LogP contribution in [0.25, 0.3) is 0 Å². The Kier molecular flexibility index (Phi) is 4.60. The highest BCUT2D eigenvalue weighted by Gasteiger charge is 2.64. The number of rotatable bonds is 5. The molecule has 2 heterocycles. The van der Waals surface area contributed by atoms with Gasteiger partial charge in [-0.15, -0.1) is 0 Å².